The van der Waals surface area contributed by atoms with Crippen molar-refractivity contribution in [2.75, 3.05) is 6.54 Å². The molecule has 0 aliphatic heterocycles. The number of imidazole rings is 1. The highest BCUT2D eigenvalue weighted by atomic mass is 16.4. The predicted octanol–water partition coefficient (Wildman–Crippen LogP) is 0.0302. The lowest BCUT2D eigenvalue weighted by Crippen LogP contribution is -2.23. The molecule has 6 heteroatoms. The maximum Gasteiger partial charge on any atom is 0.328 e. The fourth-order valence-corrected chi connectivity index (χ4v) is 1.10. The Morgan fingerprint density at radius 2 is 2.25 bits per heavy atom. The minimum absolute atomic E-state index is 0.395. The zero-order chi connectivity index (χ0) is 11.8. The van der Waals surface area contributed by atoms with Gasteiger partial charge in [0.25, 0.3) is 0 Å². The molecular weight excluding hydrogens is 210 g/mol. The highest BCUT2D eigenvalue weighted by Gasteiger charge is 1.96. The molecule has 0 saturated heterocycles. The molecule has 0 unspecified atom stereocenters. The first-order valence-electron chi connectivity index (χ1n) is 4.83. The summed E-state index contributed by atoms with van der Waals surface area (Å²) < 4.78 is 1.90. The molecule has 6 nitrogen and oxygen atoms in total. The molecular formula is C10H13N3O3. The van der Waals surface area contributed by atoms with Gasteiger partial charge in [0, 0.05) is 37.6 Å². The van der Waals surface area contributed by atoms with E-state index in [1.54, 1.807) is 12.5 Å². The van der Waals surface area contributed by atoms with E-state index in [1.165, 1.54) is 0 Å². The van der Waals surface area contributed by atoms with Crippen molar-refractivity contribution in [1.29, 1.82) is 0 Å². The van der Waals surface area contributed by atoms with Crippen LogP contribution in [0.25, 0.3) is 0 Å². The van der Waals surface area contributed by atoms with E-state index in [4.69, 9.17) is 5.11 Å². The van der Waals surface area contributed by atoms with Gasteiger partial charge in [-0.1, -0.05) is 0 Å². The maximum atomic E-state index is 11.0. The van der Waals surface area contributed by atoms with Gasteiger partial charge in [-0.15, -0.1) is 0 Å². The Bertz CT molecular complexity index is 371. The third-order valence-electron chi connectivity index (χ3n) is 1.83. The molecule has 86 valence electrons. The van der Waals surface area contributed by atoms with Gasteiger partial charge in [0.1, 0.15) is 0 Å². The van der Waals surface area contributed by atoms with Crippen LogP contribution in [0.3, 0.4) is 0 Å². The van der Waals surface area contributed by atoms with E-state index in [1.807, 2.05) is 10.8 Å². The van der Waals surface area contributed by atoms with Crippen molar-refractivity contribution in [3.63, 3.8) is 0 Å². The Hall–Kier alpha value is -2.11. The van der Waals surface area contributed by atoms with Crippen molar-refractivity contribution in [1.82, 2.24) is 14.9 Å². The molecule has 1 rings (SSSR count). The van der Waals surface area contributed by atoms with Crippen LogP contribution in [0.5, 0.6) is 0 Å². The zero-order valence-corrected chi connectivity index (χ0v) is 8.67. The van der Waals surface area contributed by atoms with Crippen LogP contribution in [-0.2, 0) is 16.1 Å². The summed E-state index contributed by atoms with van der Waals surface area (Å²) in [7, 11) is 0. The molecule has 16 heavy (non-hydrogen) atoms. The molecule has 0 aromatic carbocycles. The molecule has 0 fully saturated rings. The van der Waals surface area contributed by atoms with E-state index in [9.17, 15) is 9.59 Å². The first kappa shape index (κ1) is 12.0. The number of hydrogen-bond donors (Lipinski definition) is 2. The van der Waals surface area contributed by atoms with Gasteiger partial charge in [-0.3, -0.25) is 4.79 Å². The van der Waals surface area contributed by atoms with E-state index in [-0.39, 0.29) is 0 Å². The minimum Gasteiger partial charge on any atom is -0.478 e. The lowest BCUT2D eigenvalue weighted by molar-refractivity contribution is -0.131. The number of aliphatic carboxylic acids is 1. The molecule has 1 aromatic rings. The van der Waals surface area contributed by atoms with E-state index < -0.39 is 11.9 Å². The van der Waals surface area contributed by atoms with Crippen molar-refractivity contribution >= 4 is 11.9 Å². The number of carboxylic acids is 1. The summed E-state index contributed by atoms with van der Waals surface area (Å²) in [5.74, 6) is -1.53. The Kier molecular flexibility index (Phi) is 4.78. The number of carbonyl (C=O) groups excluding carboxylic acids is 1. The van der Waals surface area contributed by atoms with Crippen LogP contribution in [0.15, 0.2) is 30.9 Å². The molecule has 1 heterocycles. The van der Waals surface area contributed by atoms with Crippen LogP contribution >= 0.6 is 0 Å². The van der Waals surface area contributed by atoms with Gasteiger partial charge < -0.3 is 15.0 Å². The van der Waals surface area contributed by atoms with Crippen LogP contribution in [0.1, 0.15) is 6.42 Å². The van der Waals surface area contributed by atoms with Crippen molar-refractivity contribution in [3.05, 3.63) is 30.9 Å². The monoisotopic (exact) mass is 223 g/mol. The smallest absolute Gasteiger partial charge is 0.328 e. The van der Waals surface area contributed by atoms with Gasteiger partial charge >= 0.3 is 5.97 Å². The van der Waals surface area contributed by atoms with Crippen LogP contribution < -0.4 is 5.32 Å². The minimum atomic E-state index is -1.13. The largest absolute Gasteiger partial charge is 0.478 e. The molecule has 0 aliphatic rings. The summed E-state index contributed by atoms with van der Waals surface area (Å²) in [5.41, 5.74) is 0. The van der Waals surface area contributed by atoms with Crippen molar-refractivity contribution in [2.45, 2.75) is 13.0 Å². The van der Waals surface area contributed by atoms with E-state index >= 15 is 0 Å². The number of aromatic nitrogens is 2. The van der Waals surface area contributed by atoms with Crippen LogP contribution in [0, 0.1) is 0 Å². The SMILES string of the molecule is O=C(O)/C=C\C(=O)NCCCn1ccnc1. The normalized spacial score (nSPS) is 10.5. The second kappa shape index (κ2) is 6.39. The topological polar surface area (TPSA) is 84.2 Å². The van der Waals surface area contributed by atoms with E-state index in [0.717, 1.165) is 25.1 Å². The van der Waals surface area contributed by atoms with Crippen molar-refractivity contribution in [2.24, 2.45) is 0 Å². The van der Waals surface area contributed by atoms with Gasteiger partial charge in [-0.25, -0.2) is 9.78 Å². The van der Waals surface area contributed by atoms with Crippen molar-refractivity contribution in [3.8, 4) is 0 Å². The van der Waals surface area contributed by atoms with Gasteiger partial charge in [0.05, 0.1) is 6.33 Å². The number of carboxylic acid groups (broad SMARTS) is 1. The first-order valence-corrected chi connectivity index (χ1v) is 4.83. The molecule has 1 amide bonds. The van der Waals surface area contributed by atoms with Crippen LogP contribution in [0.2, 0.25) is 0 Å². The fourth-order valence-electron chi connectivity index (χ4n) is 1.10. The van der Waals surface area contributed by atoms with Crippen molar-refractivity contribution < 1.29 is 14.7 Å². The van der Waals surface area contributed by atoms with E-state index in [2.05, 4.69) is 10.3 Å². The second-order valence-corrected chi connectivity index (χ2v) is 3.12. The van der Waals surface area contributed by atoms with Crippen LogP contribution in [0.4, 0.5) is 0 Å². The third-order valence-corrected chi connectivity index (χ3v) is 1.83. The number of aryl methyl sites for hydroxylation is 1. The molecule has 0 atom stereocenters. The fraction of sp³-hybridized carbons (Fsp3) is 0.300. The number of hydrogen-bond acceptors (Lipinski definition) is 3. The van der Waals surface area contributed by atoms with Crippen LogP contribution in [-0.4, -0.2) is 33.1 Å². The molecule has 0 bridgehead atoms. The molecule has 1 aromatic heterocycles. The quantitative estimate of drug-likeness (QED) is 0.526. The summed E-state index contributed by atoms with van der Waals surface area (Å²) in [4.78, 5) is 25.0. The second-order valence-electron chi connectivity index (χ2n) is 3.12. The first-order chi connectivity index (χ1) is 7.68. The highest BCUT2D eigenvalue weighted by Crippen LogP contribution is 1.89. The summed E-state index contributed by atoms with van der Waals surface area (Å²) in [5, 5.41) is 10.9. The number of carbonyl (C=O) groups is 2. The third kappa shape index (κ3) is 4.94. The molecule has 0 aliphatic carbocycles. The molecule has 2 N–H and O–H groups in total. The van der Waals surface area contributed by atoms with Gasteiger partial charge in [-0.2, -0.15) is 0 Å². The average molecular weight is 223 g/mol. The number of amides is 1. The summed E-state index contributed by atoms with van der Waals surface area (Å²) in [6.45, 7) is 1.27. The van der Waals surface area contributed by atoms with E-state index in [0.29, 0.717) is 6.54 Å². The number of nitrogens with zero attached hydrogens (tertiary/aromatic N) is 2. The number of rotatable bonds is 6. The summed E-state index contributed by atoms with van der Waals surface area (Å²) >= 11 is 0. The highest BCUT2D eigenvalue weighted by molar-refractivity contribution is 5.93. The lowest BCUT2D eigenvalue weighted by Gasteiger charge is -2.02. The molecule has 0 saturated carbocycles. The number of nitrogens with one attached hydrogen (secondary N) is 1. The lowest BCUT2D eigenvalue weighted by atomic mass is 10.4. The maximum absolute atomic E-state index is 11.0. The summed E-state index contributed by atoms with van der Waals surface area (Å²) in [6.07, 6.45) is 7.81. The molecule has 0 radical (unpaired) electrons. The Balaban J connectivity index is 2.11. The predicted molar refractivity (Wildman–Crippen MR) is 56.6 cm³/mol. The summed E-state index contributed by atoms with van der Waals surface area (Å²) in [6, 6.07) is 0. The Morgan fingerprint density at radius 3 is 2.88 bits per heavy atom. The zero-order valence-electron chi connectivity index (χ0n) is 8.67. The Morgan fingerprint density at radius 1 is 1.44 bits per heavy atom. The Labute approximate surface area is 92.6 Å². The standard InChI is InChI=1S/C10H13N3O3/c14-9(2-3-10(15)16)12-4-1-6-13-7-5-11-8-13/h2-3,5,7-8H,1,4,6H2,(H,12,14)(H,15,16)/b3-2-. The van der Waals surface area contributed by atoms with Gasteiger partial charge in [-0.05, 0) is 6.42 Å². The van der Waals surface area contributed by atoms with Gasteiger partial charge in [0.2, 0.25) is 5.91 Å². The average Bonchev–Trinajstić information content (AvgIpc) is 2.74. The molecule has 0 spiro atoms. The van der Waals surface area contributed by atoms with Gasteiger partial charge in [0.15, 0.2) is 0 Å².